The Hall–Kier alpha value is -1.32. The van der Waals surface area contributed by atoms with Gasteiger partial charge in [0.15, 0.2) is 0 Å². The Balaban J connectivity index is 2.79. The molecule has 74 valence electrons. The summed E-state index contributed by atoms with van der Waals surface area (Å²) in [6.45, 7) is 0.593. The Kier molecular flexibility index (Phi) is 2.27. The first-order valence-corrected chi connectivity index (χ1v) is 4.65. The first kappa shape index (κ1) is 9.24. The Morgan fingerprint density at radius 3 is 2.86 bits per heavy atom. The Morgan fingerprint density at radius 2 is 2.21 bits per heavy atom. The van der Waals surface area contributed by atoms with Crippen LogP contribution in [-0.2, 0) is 20.2 Å². The van der Waals surface area contributed by atoms with Gasteiger partial charge in [-0.1, -0.05) is 18.2 Å². The van der Waals surface area contributed by atoms with Crippen LogP contribution in [0, 0.1) is 0 Å². The smallest absolute Gasteiger partial charge is 0.0833 e. The summed E-state index contributed by atoms with van der Waals surface area (Å²) in [4.78, 5) is 0. The lowest BCUT2D eigenvalue weighted by Crippen LogP contribution is -2.01. The maximum Gasteiger partial charge on any atom is 0.0833 e. The number of aliphatic hydroxyl groups is 1. The van der Waals surface area contributed by atoms with Crippen LogP contribution in [0.15, 0.2) is 24.3 Å². The molecule has 0 saturated carbocycles. The highest BCUT2D eigenvalue weighted by atomic mass is 16.3. The van der Waals surface area contributed by atoms with Crippen LogP contribution in [-0.4, -0.2) is 9.67 Å². The van der Waals surface area contributed by atoms with Crippen molar-refractivity contribution in [3.05, 3.63) is 35.5 Å². The second kappa shape index (κ2) is 3.44. The van der Waals surface area contributed by atoms with Gasteiger partial charge in [0.05, 0.1) is 12.1 Å². The lowest BCUT2D eigenvalue weighted by molar-refractivity contribution is 0.273. The summed E-state index contributed by atoms with van der Waals surface area (Å²) in [7, 11) is 1.95. The van der Waals surface area contributed by atoms with E-state index in [4.69, 9.17) is 10.8 Å². The number of aromatic nitrogens is 1. The van der Waals surface area contributed by atoms with E-state index >= 15 is 0 Å². The minimum atomic E-state index is 0.0647. The molecule has 0 spiro atoms. The van der Waals surface area contributed by atoms with E-state index in [2.05, 4.69) is 0 Å². The van der Waals surface area contributed by atoms with Gasteiger partial charge in [-0.3, -0.25) is 0 Å². The number of hydrogen-bond donors (Lipinski definition) is 2. The van der Waals surface area contributed by atoms with Gasteiger partial charge in [0, 0.05) is 24.7 Å². The molecule has 3 heteroatoms. The van der Waals surface area contributed by atoms with Crippen LogP contribution in [0.4, 0.5) is 0 Å². The Morgan fingerprint density at radius 1 is 1.43 bits per heavy atom. The Bertz CT molecular complexity index is 460. The number of aliphatic hydroxyl groups excluding tert-OH is 1. The number of fused-ring (bicyclic) bond motifs is 1. The lowest BCUT2D eigenvalue weighted by Gasteiger charge is -2.04. The van der Waals surface area contributed by atoms with Gasteiger partial charge in [0.2, 0.25) is 0 Å². The van der Waals surface area contributed by atoms with Crippen molar-refractivity contribution in [3.8, 4) is 0 Å². The molecule has 0 aliphatic heterocycles. The third-order valence-electron chi connectivity index (χ3n) is 2.62. The average molecular weight is 190 g/mol. The predicted molar refractivity (Wildman–Crippen MR) is 56.7 cm³/mol. The summed E-state index contributed by atoms with van der Waals surface area (Å²) < 4.78 is 2.00. The third kappa shape index (κ3) is 1.22. The second-order valence-electron chi connectivity index (χ2n) is 3.41. The summed E-state index contributed by atoms with van der Waals surface area (Å²) in [5.74, 6) is 0. The van der Waals surface area contributed by atoms with Crippen molar-refractivity contribution in [1.82, 2.24) is 4.57 Å². The van der Waals surface area contributed by atoms with E-state index < -0.39 is 0 Å². The molecule has 0 fully saturated rings. The predicted octanol–water partition coefficient (Wildman–Crippen LogP) is 1.13. The van der Waals surface area contributed by atoms with E-state index in [1.807, 2.05) is 35.9 Å². The van der Waals surface area contributed by atoms with Gasteiger partial charge >= 0.3 is 0 Å². The van der Waals surface area contributed by atoms with E-state index in [0.717, 1.165) is 22.2 Å². The lowest BCUT2D eigenvalue weighted by atomic mass is 10.1. The summed E-state index contributed by atoms with van der Waals surface area (Å²) in [5.41, 5.74) is 8.82. The van der Waals surface area contributed by atoms with Gasteiger partial charge in [-0.25, -0.2) is 0 Å². The molecule has 0 aliphatic carbocycles. The highest BCUT2D eigenvalue weighted by Gasteiger charge is 2.07. The molecule has 1 aromatic carbocycles. The molecule has 0 saturated heterocycles. The van der Waals surface area contributed by atoms with Crippen LogP contribution in [0.5, 0.6) is 0 Å². The maximum absolute atomic E-state index is 9.13. The van der Waals surface area contributed by atoms with Gasteiger partial charge in [-0.15, -0.1) is 0 Å². The average Bonchev–Trinajstić information content (AvgIpc) is 2.55. The molecule has 14 heavy (non-hydrogen) atoms. The summed E-state index contributed by atoms with van der Waals surface area (Å²) in [6, 6.07) is 8.04. The van der Waals surface area contributed by atoms with Crippen LogP contribution >= 0.6 is 0 Å². The van der Waals surface area contributed by atoms with E-state index in [9.17, 15) is 0 Å². The zero-order chi connectivity index (χ0) is 10.1. The molecular formula is C11H14N2O. The fraction of sp³-hybridized carbons (Fsp3) is 0.273. The quantitative estimate of drug-likeness (QED) is 0.745. The number of benzene rings is 1. The molecular weight excluding hydrogens is 176 g/mol. The van der Waals surface area contributed by atoms with Crippen molar-refractivity contribution in [2.45, 2.75) is 13.2 Å². The Labute approximate surface area is 82.8 Å². The summed E-state index contributed by atoms with van der Waals surface area (Å²) >= 11 is 0. The van der Waals surface area contributed by atoms with Crippen LogP contribution in [0.25, 0.3) is 10.9 Å². The number of nitrogens with zero attached hydrogens (tertiary/aromatic N) is 1. The van der Waals surface area contributed by atoms with Gasteiger partial charge < -0.3 is 15.4 Å². The molecule has 2 rings (SSSR count). The highest BCUT2D eigenvalue weighted by Crippen LogP contribution is 2.22. The second-order valence-corrected chi connectivity index (χ2v) is 3.41. The number of para-hydroxylation sites is 1. The van der Waals surface area contributed by atoms with Gasteiger partial charge in [0.1, 0.15) is 0 Å². The van der Waals surface area contributed by atoms with Crippen LogP contribution in [0.1, 0.15) is 11.3 Å². The fourth-order valence-electron chi connectivity index (χ4n) is 1.87. The first-order chi connectivity index (χ1) is 6.77. The normalized spacial score (nSPS) is 11.1. The SMILES string of the molecule is Cn1c(CO)cc2cccc(CN)c21. The van der Waals surface area contributed by atoms with E-state index in [1.54, 1.807) is 0 Å². The number of hydrogen-bond acceptors (Lipinski definition) is 2. The molecule has 0 amide bonds. The minimum absolute atomic E-state index is 0.0647. The topological polar surface area (TPSA) is 51.2 Å². The van der Waals surface area contributed by atoms with Gasteiger partial charge in [-0.05, 0) is 11.6 Å². The monoisotopic (exact) mass is 190 g/mol. The summed E-state index contributed by atoms with van der Waals surface area (Å²) in [6.07, 6.45) is 0. The van der Waals surface area contributed by atoms with E-state index in [0.29, 0.717) is 6.54 Å². The first-order valence-electron chi connectivity index (χ1n) is 4.65. The molecule has 3 nitrogen and oxygen atoms in total. The van der Waals surface area contributed by atoms with Crippen molar-refractivity contribution in [1.29, 1.82) is 0 Å². The molecule has 1 heterocycles. The molecule has 0 aliphatic rings. The molecule has 0 atom stereocenters. The van der Waals surface area contributed by atoms with Gasteiger partial charge in [-0.2, -0.15) is 0 Å². The van der Waals surface area contributed by atoms with Crippen molar-refractivity contribution >= 4 is 10.9 Å². The highest BCUT2D eigenvalue weighted by molar-refractivity contribution is 5.84. The van der Waals surface area contributed by atoms with Crippen molar-refractivity contribution in [2.75, 3.05) is 0 Å². The van der Waals surface area contributed by atoms with Gasteiger partial charge in [0.25, 0.3) is 0 Å². The number of aryl methyl sites for hydroxylation is 1. The molecule has 0 radical (unpaired) electrons. The summed E-state index contributed by atoms with van der Waals surface area (Å²) in [5, 5.41) is 10.3. The van der Waals surface area contributed by atoms with Crippen LogP contribution < -0.4 is 5.73 Å². The molecule has 0 bridgehead atoms. The van der Waals surface area contributed by atoms with E-state index in [-0.39, 0.29) is 6.61 Å². The number of rotatable bonds is 2. The number of nitrogens with two attached hydrogens (primary N) is 1. The molecule has 3 N–H and O–H groups in total. The van der Waals surface area contributed by atoms with Crippen molar-refractivity contribution < 1.29 is 5.11 Å². The van der Waals surface area contributed by atoms with Crippen LogP contribution in [0.3, 0.4) is 0 Å². The van der Waals surface area contributed by atoms with E-state index in [1.165, 1.54) is 0 Å². The zero-order valence-corrected chi connectivity index (χ0v) is 8.20. The minimum Gasteiger partial charge on any atom is -0.390 e. The fourth-order valence-corrected chi connectivity index (χ4v) is 1.87. The van der Waals surface area contributed by atoms with Crippen molar-refractivity contribution in [3.63, 3.8) is 0 Å². The molecule has 0 unspecified atom stereocenters. The zero-order valence-electron chi connectivity index (χ0n) is 8.20. The standard InChI is InChI=1S/C11H14N2O/c1-13-10(7-14)5-8-3-2-4-9(6-12)11(8)13/h2-5,14H,6-7,12H2,1H3. The molecule has 1 aromatic heterocycles. The largest absolute Gasteiger partial charge is 0.390 e. The molecule has 2 aromatic rings. The van der Waals surface area contributed by atoms with Crippen LogP contribution in [0.2, 0.25) is 0 Å². The maximum atomic E-state index is 9.13. The van der Waals surface area contributed by atoms with Crippen molar-refractivity contribution in [2.24, 2.45) is 12.8 Å². The third-order valence-corrected chi connectivity index (χ3v) is 2.62.